The molecule has 1 atom stereocenters. The van der Waals surface area contributed by atoms with Gasteiger partial charge in [-0.2, -0.15) is 12.6 Å². The first kappa shape index (κ1) is 13.4. The first-order valence-corrected chi connectivity index (χ1v) is 6.64. The fourth-order valence-corrected chi connectivity index (χ4v) is 3.13. The van der Waals surface area contributed by atoms with Crippen LogP contribution in [0.2, 0.25) is 0 Å². The number of nitro groups is 1. The Kier molecular flexibility index (Phi) is 3.63. The molecule has 18 heavy (non-hydrogen) atoms. The highest BCUT2D eigenvalue weighted by Gasteiger charge is 2.34. The molecule has 0 aromatic heterocycles. The van der Waals surface area contributed by atoms with E-state index < -0.39 is 4.92 Å². The maximum absolute atomic E-state index is 11.8. The van der Waals surface area contributed by atoms with Gasteiger partial charge >= 0.3 is 0 Å². The zero-order valence-corrected chi connectivity index (χ0v) is 12.1. The van der Waals surface area contributed by atoms with Crippen LogP contribution in [0.1, 0.15) is 12.0 Å². The summed E-state index contributed by atoms with van der Waals surface area (Å²) in [6.07, 6.45) is 0.306. The molecule has 0 saturated carbocycles. The molecule has 0 spiro atoms. The van der Waals surface area contributed by atoms with Crippen molar-refractivity contribution in [1.82, 2.24) is 0 Å². The van der Waals surface area contributed by atoms with Crippen LogP contribution in [0, 0.1) is 17.0 Å². The molecule has 1 amide bonds. The van der Waals surface area contributed by atoms with Gasteiger partial charge in [-0.1, -0.05) is 0 Å². The van der Waals surface area contributed by atoms with Gasteiger partial charge in [0.15, 0.2) is 0 Å². The van der Waals surface area contributed by atoms with E-state index in [1.165, 1.54) is 11.0 Å². The van der Waals surface area contributed by atoms with Crippen LogP contribution in [0.4, 0.5) is 11.4 Å². The molecule has 1 aromatic carbocycles. The Hall–Kier alpha value is -1.08. The highest BCUT2D eigenvalue weighted by atomic mass is 79.9. The molecule has 96 valence electrons. The van der Waals surface area contributed by atoms with Crippen molar-refractivity contribution in [2.24, 2.45) is 0 Å². The number of halogens is 1. The molecule has 2 rings (SSSR count). The number of nitrogens with zero attached hydrogens (tertiary/aromatic N) is 2. The number of rotatable bonds is 2. The number of nitro benzene ring substituents is 1. The number of aryl methyl sites for hydroxylation is 1. The minimum Gasteiger partial charge on any atom is -0.304 e. The summed E-state index contributed by atoms with van der Waals surface area (Å²) in [5, 5.41) is 11.0. The summed E-state index contributed by atoms with van der Waals surface area (Å²) in [6, 6.07) is 3.24. The smallest absolute Gasteiger partial charge is 0.294 e. The molecule has 1 heterocycles. The van der Waals surface area contributed by atoms with Gasteiger partial charge in [0.1, 0.15) is 5.69 Å². The topological polar surface area (TPSA) is 63.5 Å². The summed E-state index contributed by atoms with van der Waals surface area (Å²) in [6.45, 7) is 2.17. The van der Waals surface area contributed by atoms with Crippen molar-refractivity contribution in [2.75, 3.05) is 11.4 Å². The Bertz CT molecular complexity index is 535. The molecule has 1 unspecified atom stereocenters. The van der Waals surface area contributed by atoms with Gasteiger partial charge in [-0.3, -0.25) is 14.9 Å². The van der Waals surface area contributed by atoms with Crippen LogP contribution in [0.5, 0.6) is 0 Å². The van der Waals surface area contributed by atoms with Crippen molar-refractivity contribution >= 4 is 45.8 Å². The molecule has 1 saturated heterocycles. The number of benzene rings is 1. The van der Waals surface area contributed by atoms with E-state index in [0.29, 0.717) is 23.1 Å². The first-order chi connectivity index (χ1) is 8.40. The van der Waals surface area contributed by atoms with E-state index in [1.54, 1.807) is 13.0 Å². The highest BCUT2D eigenvalue weighted by molar-refractivity contribution is 9.10. The molecule has 0 radical (unpaired) electrons. The number of carbonyl (C=O) groups excluding carboxylic acids is 1. The Morgan fingerprint density at radius 1 is 1.56 bits per heavy atom. The zero-order chi connectivity index (χ0) is 13.4. The molecule has 0 N–H and O–H groups in total. The van der Waals surface area contributed by atoms with Gasteiger partial charge in [0, 0.05) is 28.8 Å². The van der Waals surface area contributed by atoms with Crippen molar-refractivity contribution < 1.29 is 9.72 Å². The Labute approximate surface area is 118 Å². The second-order valence-electron chi connectivity index (χ2n) is 4.23. The predicted octanol–water partition coefficient (Wildman–Crippen LogP) is 2.70. The van der Waals surface area contributed by atoms with E-state index in [-0.39, 0.29) is 16.8 Å². The molecule has 0 bridgehead atoms. The van der Waals surface area contributed by atoms with Gasteiger partial charge in [-0.15, -0.1) is 0 Å². The van der Waals surface area contributed by atoms with E-state index in [1.807, 2.05) is 0 Å². The van der Waals surface area contributed by atoms with E-state index in [4.69, 9.17) is 0 Å². The normalized spacial score (nSPS) is 19.4. The Morgan fingerprint density at radius 3 is 2.72 bits per heavy atom. The highest BCUT2D eigenvalue weighted by Crippen LogP contribution is 2.39. The molecular formula is C11H11BrN2O3S. The lowest BCUT2D eigenvalue weighted by Crippen LogP contribution is -2.26. The molecule has 1 aliphatic heterocycles. The summed E-state index contributed by atoms with van der Waals surface area (Å²) in [5.41, 5.74) is 1.04. The number of hydrogen-bond acceptors (Lipinski definition) is 4. The van der Waals surface area contributed by atoms with Gasteiger partial charge in [0.05, 0.1) is 4.92 Å². The lowest BCUT2D eigenvalue weighted by atomic mass is 10.2. The van der Waals surface area contributed by atoms with Crippen LogP contribution in [0.15, 0.2) is 16.6 Å². The lowest BCUT2D eigenvalue weighted by molar-refractivity contribution is -0.384. The maximum Gasteiger partial charge on any atom is 0.294 e. The summed E-state index contributed by atoms with van der Waals surface area (Å²) in [5.74, 6) is -0.136. The average Bonchev–Trinajstić information content (AvgIpc) is 2.56. The maximum atomic E-state index is 11.8. The monoisotopic (exact) mass is 330 g/mol. The van der Waals surface area contributed by atoms with Crippen LogP contribution in [0.3, 0.4) is 0 Å². The van der Waals surface area contributed by atoms with Crippen LogP contribution in [0.25, 0.3) is 0 Å². The fourth-order valence-electron chi connectivity index (χ4n) is 2.03. The van der Waals surface area contributed by atoms with Gasteiger partial charge in [0.25, 0.3) is 5.69 Å². The van der Waals surface area contributed by atoms with Crippen LogP contribution < -0.4 is 4.90 Å². The number of hydrogen-bond donors (Lipinski definition) is 1. The minimum absolute atomic E-state index is 0.0577. The van der Waals surface area contributed by atoms with Gasteiger partial charge in [-0.25, -0.2) is 0 Å². The molecule has 0 aliphatic carbocycles. The summed E-state index contributed by atoms with van der Waals surface area (Å²) < 4.78 is 0.560. The summed E-state index contributed by atoms with van der Waals surface area (Å²) in [7, 11) is 0. The second kappa shape index (κ2) is 4.89. The minimum atomic E-state index is -0.466. The van der Waals surface area contributed by atoms with E-state index in [2.05, 4.69) is 28.6 Å². The molecule has 1 aromatic rings. The third kappa shape index (κ3) is 2.37. The fraction of sp³-hybridized carbons (Fsp3) is 0.364. The van der Waals surface area contributed by atoms with Crippen molar-refractivity contribution in [1.29, 1.82) is 0 Å². The van der Waals surface area contributed by atoms with E-state index in [9.17, 15) is 14.9 Å². The third-order valence-electron chi connectivity index (χ3n) is 2.76. The largest absolute Gasteiger partial charge is 0.304 e. The molecular weight excluding hydrogens is 320 g/mol. The standard InChI is InChI=1S/C11H11BrN2O3S/c1-6-2-8(12)11(9(3-6)14(16)17)13-5-7(18)4-10(13)15/h2-3,7,18H,4-5H2,1H3. The van der Waals surface area contributed by atoms with E-state index >= 15 is 0 Å². The Morgan fingerprint density at radius 2 is 2.22 bits per heavy atom. The van der Waals surface area contributed by atoms with Crippen LogP contribution >= 0.6 is 28.6 Å². The number of carbonyl (C=O) groups is 1. The molecule has 1 fully saturated rings. The third-order valence-corrected chi connectivity index (χ3v) is 3.71. The first-order valence-electron chi connectivity index (χ1n) is 5.33. The van der Waals surface area contributed by atoms with Crippen molar-refractivity contribution in [3.63, 3.8) is 0 Å². The molecule has 1 aliphatic rings. The second-order valence-corrected chi connectivity index (χ2v) is 5.82. The zero-order valence-electron chi connectivity index (χ0n) is 9.59. The number of thiol groups is 1. The summed E-state index contributed by atoms with van der Waals surface area (Å²) >= 11 is 7.55. The lowest BCUT2D eigenvalue weighted by Gasteiger charge is -2.18. The van der Waals surface area contributed by atoms with Crippen LogP contribution in [-0.2, 0) is 4.79 Å². The van der Waals surface area contributed by atoms with Crippen molar-refractivity contribution in [2.45, 2.75) is 18.6 Å². The van der Waals surface area contributed by atoms with Crippen molar-refractivity contribution in [3.8, 4) is 0 Å². The van der Waals surface area contributed by atoms with Gasteiger partial charge < -0.3 is 4.90 Å². The molecule has 5 nitrogen and oxygen atoms in total. The number of anilines is 1. The van der Waals surface area contributed by atoms with E-state index in [0.717, 1.165) is 5.56 Å². The SMILES string of the molecule is Cc1cc(Br)c(N2CC(S)CC2=O)c([N+](=O)[O-])c1. The predicted molar refractivity (Wildman–Crippen MR) is 75.3 cm³/mol. The average molecular weight is 331 g/mol. The van der Waals surface area contributed by atoms with Gasteiger partial charge in [-0.05, 0) is 34.5 Å². The Balaban J connectivity index is 2.56. The molecule has 7 heteroatoms. The van der Waals surface area contributed by atoms with Crippen molar-refractivity contribution in [3.05, 3.63) is 32.3 Å². The summed E-state index contributed by atoms with van der Waals surface area (Å²) in [4.78, 5) is 23.9. The number of amides is 1. The quantitative estimate of drug-likeness (QED) is 0.515. The van der Waals surface area contributed by atoms with Crippen LogP contribution in [-0.4, -0.2) is 22.6 Å². The van der Waals surface area contributed by atoms with Gasteiger partial charge in [0.2, 0.25) is 5.91 Å².